The number of benzene rings is 1. The van der Waals surface area contributed by atoms with Crippen molar-refractivity contribution in [3.63, 3.8) is 0 Å². The Bertz CT molecular complexity index is 2420. The van der Waals surface area contributed by atoms with Crippen molar-refractivity contribution in [1.82, 2.24) is 10.8 Å². The standard InChI is InChI=1S/C58H82N2O14S3/c1-14-15-16-17-18-42(47-39(31(3)25-40(61)49(47)59-10)21-22-75-77-58(9)28-37-23-30(2)24-38(26-37)29-58)72-45-27-41(62)48(35(7)70-45)60-74-44-20-19-43(34(6)69-44)76-56(65)46-32(4)33(5)52(55(68-13)53(46)66-11)73-57-51(64)54(67-12)50(63)36(8)71-57/h1,15-16,21,30-31,34-38,41-45,48,50-51,54,57,59-60,62-64H,19-20,22-29H2,2-13H3/b16-15-,39-21-/t30?,31?,34?,35?,36-,37?,38?,41?,42-,43-,44?,45?,48+,50?,51+,54+,57?,58?/m0/s1. The summed E-state index contributed by atoms with van der Waals surface area (Å²) in [6.45, 7) is 15.8. The van der Waals surface area contributed by atoms with Crippen molar-refractivity contribution in [3.8, 4) is 41.4 Å². The normalized spacial score (nSPS) is 36.4. The van der Waals surface area contributed by atoms with Crippen LogP contribution in [-0.4, -0.2) is 144 Å². The van der Waals surface area contributed by atoms with Gasteiger partial charge in [0.05, 0.1) is 55.9 Å². The number of Topliss-reactive ketones (excluding diaryl/α,β-unsaturated/α-hetero) is 1. The largest absolute Gasteiger partial charge is 0.492 e. The molecule has 426 valence electrons. The molecule has 3 aliphatic heterocycles. The van der Waals surface area contributed by atoms with Crippen LogP contribution in [0.15, 0.2) is 35.1 Å². The summed E-state index contributed by atoms with van der Waals surface area (Å²) in [7, 11) is 9.89. The number of nitrogens with one attached hydrogen (secondary N) is 2. The Balaban J connectivity index is 0.964. The zero-order valence-electron chi connectivity index (χ0n) is 46.8. The first-order valence-electron chi connectivity index (χ1n) is 27.1. The minimum Gasteiger partial charge on any atom is -0.492 e. The topological polar surface area (TPSA) is 202 Å². The fourth-order valence-corrected chi connectivity index (χ4v) is 16.4. The lowest BCUT2D eigenvalue weighted by Crippen LogP contribution is -2.59. The molecule has 2 bridgehead atoms. The van der Waals surface area contributed by atoms with Crippen molar-refractivity contribution < 1.29 is 67.6 Å². The minimum atomic E-state index is -1.33. The molecule has 1 aromatic carbocycles. The van der Waals surface area contributed by atoms with Gasteiger partial charge in [-0.2, -0.15) is 5.48 Å². The van der Waals surface area contributed by atoms with Gasteiger partial charge in [0, 0.05) is 54.7 Å². The summed E-state index contributed by atoms with van der Waals surface area (Å²) < 4.78 is 48.7. The van der Waals surface area contributed by atoms with Crippen LogP contribution in [-0.2, 0) is 33.3 Å². The number of hydrogen-bond acceptors (Lipinski definition) is 19. The number of hydroxylamine groups is 1. The van der Waals surface area contributed by atoms with Crippen LogP contribution in [0, 0.1) is 61.7 Å². The number of terminal acetylenes is 1. The average molecular weight is 1130 g/mol. The number of allylic oxidation sites excluding steroid dienone is 3. The van der Waals surface area contributed by atoms with Gasteiger partial charge in [0.1, 0.15) is 24.4 Å². The molecule has 5 fully saturated rings. The second kappa shape index (κ2) is 27.5. The zero-order valence-corrected chi connectivity index (χ0v) is 49.2. The van der Waals surface area contributed by atoms with E-state index in [1.165, 1.54) is 59.5 Å². The summed E-state index contributed by atoms with van der Waals surface area (Å²) in [5.74, 6) is 12.3. The van der Waals surface area contributed by atoms with Crippen molar-refractivity contribution >= 4 is 44.2 Å². The maximum atomic E-state index is 14.2. The van der Waals surface area contributed by atoms with Crippen LogP contribution in [0.3, 0.4) is 0 Å². The molecule has 0 spiro atoms. The first-order valence-corrected chi connectivity index (χ1v) is 30.3. The van der Waals surface area contributed by atoms with Gasteiger partial charge in [-0.3, -0.25) is 14.4 Å². The molecule has 0 aromatic heterocycles. The smallest absolute Gasteiger partial charge is 0.229 e. The summed E-state index contributed by atoms with van der Waals surface area (Å²) in [4.78, 5) is 34.0. The molecule has 3 heterocycles. The third-order valence-corrected chi connectivity index (χ3v) is 20.5. The molecule has 3 aliphatic carbocycles. The van der Waals surface area contributed by atoms with E-state index in [2.05, 4.69) is 55.4 Å². The van der Waals surface area contributed by atoms with Gasteiger partial charge in [-0.1, -0.05) is 71.0 Å². The number of aliphatic hydroxyl groups is 3. The van der Waals surface area contributed by atoms with Gasteiger partial charge in [0.2, 0.25) is 17.2 Å². The molecule has 6 aliphatic rings. The van der Waals surface area contributed by atoms with Gasteiger partial charge in [0.15, 0.2) is 29.9 Å². The summed E-state index contributed by atoms with van der Waals surface area (Å²) in [5, 5.41) is 35.8. The maximum Gasteiger partial charge on any atom is 0.229 e. The number of likely N-dealkylation sites (N-methyl/N-ethyl adjacent to an activating group) is 1. The van der Waals surface area contributed by atoms with E-state index in [9.17, 15) is 24.9 Å². The molecular weight excluding hydrogens is 1040 g/mol. The number of carbonyl (C=O) groups excluding carboxylic acids is 2. The van der Waals surface area contributed by atoms with E-state index < -0.39 is 73.7 Å². The van der Waals surface area contributed by atoms with Gasteiger partial charge < -0.3 is 58.5 Å². The fourth-order valence-electron chi connectivity index (χ4n) is 12.4. The van der Waals surface area contributed by atoms with Gasteiger partial charge in [-0.05, 0) is 133 Å². The van der Waals surface area contributed by atoms with E-state index in [4.69, 9.17) is 49.2 Å². The average Bonchev–Trinajstić information content (AvgIpc) is 3.38. The quantitative estimate of drug-likeness (QED) is 0.0410. The predicted molar refractivity (Wildman–Crippen MR) is 300 cm³/mol. The Morgan fingerprint density at radius 2 is 1.58 bits per heavy atom. The van der Waals surface area contributed by atoms with E-state index in [1.54, 1.807) is 33.9 Å². The predicted octanol–water partition coefficient (Wildman–Crippen LogP) is 7.91. The van der Waals surface area contributed by atoms with E-state index in [0.29, 0.717) is 47.2 Å². The lowest BCUT2D eigenvalue weighted by molar-refractivity contribution is -0.273. The van der Waals surface area contributed by atoms with E-state index in [1.807, 2.05) is 35.4 Å². The number of fused-ring (bicyclic) bond motifs is 2. The Kier molecular flexibility index (Phi) is 21.9. The first kappa shape index (κ1) is 61.4. The molecule has 5 N–H and O–H groups in total. The Labute approximate surface area is 468 Å². The summed E-state index contributed by atoms with van der Waals surface area (Å²) in [5.41, 5.74) is 6.61. The van der Waals surface area contributed by atoms with Crippen LogP contribution >= 0.6 is 33.3 Å². The van der Waals surface area contributed by atoms with Crippen LogP contribution in [0.4, 0.5) is 0 Å². The third-order valence-electron chi connectivity index (χ3n) is 16.1. The van der Waals surface area contributed by atoms with Crippen LogP contribution < -0.4 is 25.0 Å². The Hall–Kier alpha value is -3.25. The number of hydrogen-bond donors (Lipinski definition) is 5. The Morgan fingerprint density at radius 1 is 0.883 bits per heavy atom. The molecule has 2 saturated carbocycles. The summed E-state index contributed by atoms with van der Waals surface area (Å²) >= 11 is 1.13. The molecular formula is C58H82N2O14S3. The number of rotatable bonds is 18. The Morgan fingerprint density at radius 3 is 2.22 bits per heavy atom. The van der Waals surface area contributed by atoms with Crippen molar-refractivity contribution in [3.05, 3.63) is 51.8 Å². The number of ether oxygens (including phenoxy) is 8. The van der Waals surface area contributed by atoms with E-state index >= 15 is 0 Å². The highest BCUT2D eigenvalue weighted by atomic mass is 33.1. The molecule has 0 radical (unpaired) electrons. The number of carbonyl (C=O) groups is 2. The SMILES string of the molecule is C#C/C=C\C#C[C@H](OC1CC(O)[C@H](NOC2CC[C@H](SC(=O)c3c(C)c(C)c(OC4O[C@@H](C)C(O)[C@@H](OC)[C@H]4O)c(OC)c3OC)C(C)O2)C(C)O1)C1=C(NC)C(=O)CC(C)/C1=C/CSSC1(C)CC2CC(C)CC(C2)C1. The summed E-state index contributed by atoms with van der Waals surface area (Å²) in [6, 6.07) is -0.655. The molecule has 16 nitrogen and oxygen atoms in total. The van der Waals surface area contributed by atoms with Crippen molar-refractivity contribution in [2.75, 3.05) is 34.1 Å². The monoisotopic (exact) mass is 1130 g/mol. The molecule has 0 amide bonds. The lowest BCUT2D eigenvalue weighted by Gasteiger charge is -2.46. The van der Waals surface area contributed by atoms with Crippen molar-refractivity contribution in [2.24, 2.45) is 23.7 Å². The fraction of sp³-hybridized carbons (Fsp3) is 0.690. The van der Waals surface area contributed by atoms with Gasteiger partial charge in [0.25, 0.3) is 0 Å². The highest BCUT2D eigenvalue weighted by Gasteiger charge is 2.47. The van der Waals surface area contributed by atoms with Crippen LogP contribution in [0.25, 0.3) is 0 Å². The third kappa shape index (κ3) is 14.4. The van der Waals surface area contributed by atoms with Crippen molar-refractivity contribution in [1.29, 1.82) is 0 Å². The molecule has 7 rings (SSSR count). The molecule has 16 atom stereocenters. The highest BCUT2D eigenvalue weighted by Crippen LogP contribution is 2.54. The van der Waals surface area contributed by atoms with E-state index in [-0.39, 0.29) is 50.5 Å². The summed E-state index contributed by atoms with van der Waals surface area (Å²) in [6.07, 6.45) is 9.09. The number of ketones is 1. The number of methoxy groups -OCH3 is 3. The second-order valence-corrected chi connectivity index (χ2v) is 26.1. The molecule has 1 aromatic rings. The molecule has 10 unspecified atom stereocenters. The van der Waals surface area contributed by atoms with Gasteiger partial charge in [-0.25, -0.2) is 0 Å². The van der Waals surface area contributed by atoms with Gasteiger partial charge in [-0.15, -0.1) is 6.42 Å². The molecule has 3 saturated heterocycles. The maximum absolute atomic E-state index is 14.2. The molecule has 19 heteroatoms. The highest BCUT2D eigenvalue weighted by molar-refractivity contribution is 8.77. The lowest BCUT2D eigenvalue weighted by atomic mass is 9.65. The second-order valence-electron chi connectivity index (χ2n) is 22.0. The number of aliphatic hydroxyl groups excluding tert-OH is 3. The molecule has 77 heavy (non-hydrogen) atoms. The van der Waals surface area contributed by atoms with Crippen LogP contribution in [0.5, 0.6) is 17.2 Å². The first-order chi connectivity index (χ1) is 36.7. The number of thioether (sulfide) groups is 1. The minimum absolute atomic E-state index is 0.0231. The zero-order chi connectivity index (χ0) is 55.9. The van der Waals surface area contributed by atoms with Crippen molar-refractivity contribution in [2.45, 2.75) is 197 Å². The van der Waals surface area contributed by atoms with Gasteiger partial charge >= 0.3 is 0 Å². The van der Waals surface area contributed by atoms with Crippen LogP contribution in [0.2, 0.25) is 0 Å². The van der Waals surface area contributed by atoms with Crippen LogP contribution in [0.1, 0.15) is 121 Å². The van der Waals surface area contributed by atoms with E-state index in [0.717, 1.165) is 40.8 Å².